The smallest absolute Gasteiger partial charge is 0.240 e. The van der Waals surface area contributed by atoms with E-state index in [1.807, 2.05) is 28.8 Å². The van der Waals surface area contributed by atoms with Crippen molar-refractivity contribution >= 4 is 11.5 Å². The number of fused-ring (bicyclic) bond motifs is 1. The third-order valence-electron chi connectivity index (χ3n) is 4.43. The molecule has 1 fully saturated rings. The molecule has 3 aromatic heterocycles. The fourth-order valence-electron chi connectivity index (χ4n) is 3.16. The Balaban J connectivity index is 1.43. The van der Waals surface area contributed by atoms with Crippen molar-refractivity contribution < 1.29 is 9.26 Å². The van der Waals surface area contributed by atoms with E-state index in [0.717, 1.165) is 37.6 Å². The van der Waals surface area contributed by atoms with E-state index in [9.17, 15) is 5.26 Å². The lowest BCUT2D eigenvalue weighted by molar-refractivity contribution is 0.174. The molecule has 0 radical (unpaired) electrons. The van der Waals surface area contributed by atoms with Gasteiger partial charge in [0.15, 0.2) is 17.3 Å². The predicted octanol–water partition coefficient (Wildman–Crippen LogP) is 1.06. The van der Waals surface area contributed by atoms with Gasteiger partial charge in [0.1, 0.15) is 18.3 Å². The van der Waals surface area contributed by atoms with Crippen LogP contribution < -0.4 is 4.90 Å². The molecule has 0 saturated carbocycles. The number of rotatable bonds is 5. The predicted molar refractivity (Wildman–Crippen MR) is 92.4 cm³/mol. The number of hydrogen-bond donors (Lipinski definition) is 0. The summed E-state index contributed by atoms with van der Waals surface area (Å²) in [5.41, 5.74) is 1.37. The van der Waals surface area contributed by atoms with Gasteiger partial charge in [0.25, 0.3) is 0 Å². The first-order valence-electron chi connectivity index (χ1n) is 8.43. The molecule has 0 N–H and O–H groups in total. The highest BCUT2D eigenvalue weighted by Gasteiger charge is 2.24. The van der Waals surface area contributed by atoms with E-state index < -0.39 is 0 Å². The summed E-state index contributed by atoms with van der Waals surface area (Å²) in [6.45, 7) is 4.21. The van der Waals surface area contributed by atoms with Crippen LogP contribution in [0.25, 0.3) is 5.65 Å². The first kappa shape index (κ1) is 16.5. The second-order valence-corrected chi connectivity index (χ2v) is 6.13. The number of imidazole rings is 1. The second kappa shape index (κ2) is 7.11. The van der Waals surface area contributed by atoms with E-state index in [0.29, 0.717) is 30.6 Å². The van der Waals surface area contributed by atoms with E-state index in [-0.39, 0.29) is 0 Å². The Labute approximate surface area is 150 Å². The van der Waals surface area contributed by atoms with Gasteiger partial charge in [-0.05, 0) is 12.1 Å². The summed E-state index contributed by atoms with van der Waals surface area (Å²) in [5, 5.41) is 13.4. The van der Waals surface area contributed by atoms with Crippen molar-refractivity contribution in [3.8, 4) is 6.07 Å². The average molecular weight is 353 g/mol. The van der Waals surface area contributed by atoms with Crippen molar-refractivity contribution in [1.29, 1.82) is 5.26 Å². The molecular weight excluding hydrogens is 334 g/mol. The lowest BCUT2D eigenvalue weighted by atomic mass is 10.3. The molecule has 3 aromatic rings. The lowest BCUT2D eigenvalue weighted by Gasteiger charge is -2.34. The van der Waals surface area contributed by atoms with Gasteiger partial charge in [-0.25, -0.2) is 4.98 Å². The number of nitrogens with zero attached hydrogens (tertiary/aromatic N) is 7. The largest absolute Gasteiger partial charge is 0.377 e. The molecule has 0 spiro atoms. The van der Waals surface area contributed by atoms with Crippen LogP contribution in [0.2, 0.25) is 0 Å². The van der Waals surface area contributed by atoms with Gasteiger partial charge in [-0.2, -0.15) is 10.2 Å². The molecule has 9 heteroatoms. The normalized spacial score (nSPS) is 15.5. The highest BCUT2D eigenvalue weighted by Crippen LogP contribution is 2.22. The molecule has 0 unspecified atom stereocenters. The van der Waals surface area contributed by atoms with Crippen LogP contribution in [0.1, 0.15) is 17.4 Å². The summed E-state index contributed by atoms with van der Waals surface area (Å²) in [5.74, 6) is 1.90. The van der Waals surface area contributed by atoms with E-state index in [1.165, 1.54) is 0 Å². The minimum Gasteiger partial charge on any atom is -0.377 e. The molecule has 0 bridgehead atoms. The molecule has 0 amide bonds. The number of pyridine rings is 1. The number of piperazine rings is 1. The van der Waals surface area contributed by atoms with E-state index in [2.05, 4.69) is 31.0 Å². The molecule has 0 aromatic carbocycles. The van der Waals surface area contributed by atoms with Crippen LogP contribution in [-0.2, 0) is 17.9 Å². The summed E-state index contributed by atoms with van der Waals surface area (Å²) in [7, 11) is 1.60. The van der Waals surface area contributed by atoms with E-state index in [4.69, 9.17) is 9.26 Å². The molecule has 0 aliphatic carbocycles. The monoisotopic (exact) mass is 353 g/mol. The highest BCUT2D eigenvalue weighted by atomic mass is 16.5. The zero-order valence-electron chi connectivity index (χ0n) is 14.5. The Bertz CT molecular complexity index is 934. The topological polar surface area (TPSA) is 95.7 Å². The van der Waals surface area contributed by atoms with Crippen LogP contribution in [0.15, 0.2) is 28.9 Å². The zero-order chi connectivity index (χ0) is 17.9. The number of aromatic nitrogens is 4. The molecule has 1 aliphatic rings. The third kappa shape index (κ3) is 3.12. The molecule has 26 heavy (non-hydrogen) atoms. The fraction of sp³-hybridized carbons (Fsp3) is 0.412. The Hall–Kier alpha value is -2.96. The number of methoxy groups -OCH3 is 1. The molecule has 9 nitrogen and oxygen atoms in total. The van der Waals surface area contributed by atoms with Crippen molar-refractivity contribution in [1.82, 2.24) is 24.4 Å². The summed E-state index contributed by atoms with van der Waals surface area (Å²) < 4.78 is 12.1. The Morgan fingerprint density at radius 1 is 1.23 bits per heavy atom. The summed E-state index contributed by atoms with van der Waals surface area (Å²) in [4.78, 5) is 13.4. The van der Waals surface area contributed by atoms with E-state index >= 15 is 0 Å². The van der Waals surface area contributed by atoms with Crippen LogP contribution in [0.3, 0.4) is 0 Å². The Kier molecular flexibility index (Phi) is 4.51. The van der Waals surface area contributed by atoms with Gasteiger partial charge in [-0.15, -0.1) is 0 Å². The van der Waals surface area contributed by atoms with Crippen molar-refractivity contribution in [2.24, 2.45) is 0 Å². The lowest BCUT2D eigenvalue weighted by Crippen LogP contribution is -2.46. The number of hydrogen-bond acceptors (Lipinski definition) is 8. The minimum absolute atomic E-state index is 0.349. The van der Waals surface area contributed by atoms with Gasteiger partial charge in [0, 0.05) is 39.5 Å². The maximum Gasteiger partial charge on any atom is 0.240 e. The SMILES string of the molecule is COCc1noc(CN2CCN(c3nc4ccccn4c3C#N)CC2)n1. The van der Waals surface area contributed by atoms with Crippen LogP contribution in [-0.4, -0.2) is 57.7 Å². The summed E-state index contributed by atoms with van der Waals surface area (Å²) in [6.07, 6.45) is 1.87. The molecule has 0 atom stereocenters. The van der Waals surface area contributed by atoms with Gasteiger partial charge in [-0.3, -0.25) is 9.30 Å². The number of anilines is 1. The number of nitriles is 1. The first-order chi connectivity index (χ1) is 12.8. The molecule has 1 aliphatic heterocycles. The highest BCUT2D eigenvalue weighted by molar-refractivity contribution is 5.60. The first-order valence-corrected chi connectivity index (χ1v) is 8.43. The van der Waals surface area contributed by atoms with Crippen molar-refractivity contribution in [2.75, 3.05) is 38.2 Å². The third-order valence-corrected chi connectivity index (χ3v) is 4.43. The zero-order valence-corrected chi connectivity index (χ0v) is 14.5. The molecule has 1 saturated heterocycles. The van der Waals surface area contributed by atoms with Crippen LogP contribution in [0, 0.1) is 11.3 Å². The fourth-order valence-corrected chi connectivity index (χ4v) is 3.16. The summed E-state index contributed by atoms with van der Waals surface area (Å²) >= 11 is 0. The van der Waals surface area contributed by atoms with Crippen LogP contribution in [0.5, 0.6) is 0 Å². The molecule has 4 rings (SSSR count). The minimum atomic E-state index is 0.349. The average Bonchev–Trinajstić information content (AvgIpc) is 3.26. The maximum absolute atomic E-state index is 9.54. The number of ether oxygens (including phenoxy) is 1. The standard InChI is InChI=1S/C17H19N7O2/c1-25-12-14-19-16(26-21-14)11-22-6-8-23(9-7-22)17-13(10-18)24-5-3-2-4-15(24)20-17/h2-5H,6-9,11-12H2,1H3. The second-order valence-electron chi connectivity index (χ2n) is 6.13. The quantitative estimate of drug-likeness (QED) is 0.672. The van der Waals surface area contributed by atoms with E-state index in [1.54, 1.807) is 7.11 Å². The van der Waals surface area contributed by atoms with Crippen molar-refractivity contribution in [3.05, 3.63) is 41.8 Å². The molecule has 134 valence electrons. The van der Waals surface area contributed by atoms with Gasteiger partial charge in [-0.1, -0.05) is 11.2 Å². The van der Waals surface area contributed by atoms with Crippen LogP contribution in [0.4, 0.5) is 5.82 Å². The molecule has 4 heterocycles. The van der Waals surface area contributed by atoms with Crippen molar-refractivity contribution in [2.45, 2.75) is 13.2 Å². The van der Waals surface area contributed by atoms with Crippen molar-refractivity contribution in [3.63, 3.8) is 0 Å². The summed E-state index contributed by atoms with van der Waals surface area (Å²) in [6, 6.07) is 8.02. The Morgan fingerprint density at radius 3 is 2.85 bits per heavy atom. The molecular formula is C17H19N7O2. The maximum atomic E-state index is 9.54. The van der Waals surface area contributed by atoms with Gasteiger partial charge < -0.3 is 14.2 Å². The van der Waals surface area contributed by atoms with Gasteiger partial charge in [0.2, 0.25) is 5.89 Å². The van der Waals surface area contributed by atoms with Gasteiger partial charge >= 0.3 is 0 Å². The van der Waals surface area contributed by atoms with Crippen LogP contribution >= 0.6 is 0 Å². The van der Waals surface area contributed by atoms with Gasteiger partial charge in [0.05, 0.1) is 6.54 Å². The Morgan fingerprint density at radius 2 is 2.08 bits per heavy atom.